The van der Waals surface area contributed by atoms with Crippen molar-refractivity contribution >= 4 is 5.91 Å². The lowest BCUT2D eigenvalue weighted by Crippen LogP contribution is -2.54. The number of para-hydroxylation sites is 1. The molecule has 0 heterocycles. The first-order valence-electron chi connectivity index (χ1n) is 8.80. The number of rotatable bonds is 5. The zero-order chi connectivity index (χ0) is 15.9. The predicted molar refractivity (Wildman–Crippen MR) is 85.5 cm³/mol. The van der Waals surface area contributed by atoms with Gasteiger partial charge in [-0.2, -0.15) is 0 Å². The SMILES string of the molecule is O=C(NCCOc1ccccc1F)C12CC3CC(CC(C3)C1)C2. The van der Waals surface area contributed by atoms with Crippen molar-refractivity contribution in [2.75, 3.05) is 13.2 Å². The maximum atomic E-state index is 13.5. The molecule has 1 N–H and O–H groups in total. The van der Waals surface area contributed by atoms with E-state index in [0.29, 0.717) is 13.2 Å². The summed E-state index contributed by atoms with van der Waals surface area (Å²) >= 11 is 0. The largest absolute Gasteiger partial charge is 0.489 e. The molecule has 1 aromatic rings. The van der Waals surface area contributed by atoms with Gasteiger partial charge in [-0.15, -0.1) is 0 Å². The molecule has 0 aliphatic heterocycles. The van der Waals surface area contributed by atoms with Gasteiger partial charge in [0.15, 0.2) is 11.6 Å². The number of hydrogen-bond donors (Lipinski definition) is 1. The monoisotopic (exact) mass is 317 g/mol. The van der Waals surface area contributed by atoms with Crippen molar-refractivity contribution in [2.24, 2.45) is 23.2 Å². The summed E-state index contributed by atoms with van der Waals surface area (Å²) in [4.78, 5) is 12.7. The molecule has 0 saturated heterocycles. The Labute approximate surface area is 136 Å². The van der Waals surface area contributed by atoms with Crippen molar-refractivity contribution in [2.45, 2.75) is 38.5 Å². The molecule has 4 heteroatoms. The van der Waals surface area contributed by atoms with E-state index in [2.05, 4.69) is 5.32 Å². The molecule has 23 heavy (non-hydrogen) atoms. The van der Waals surface area contributed by atoms with Crippen molar-refractivity contribution in [3.8, 4) is 5.75 Å². The van der Waals surface area contributed by atoms with Gasteiger partial charge < -0.3 is 10.1 Å². The van der Waals surface area contributed by atoms with Crippen LogP contribution in [0.5, 0.6) is 5.75 Å². The molecule has 0 atom stereocenters. The Morgan fingerprint density at radius 1 is 1.13 bits per heavy atom. The molecule has 5 rings (SSSR count). The summed E-state index contributed by atoms with van der Waals surface area (Å²) in [6.07, 6.45) is 7.21. The van der Waals surface area contributed by atoms with E-state index in [-0.39, 0.29) is 22.9 Å². The second kappa shape index (κ2) is 5.81. The predicted octanol–water partition coefficient (Wildman–Crippen LogP) is 3.54. The molecule has 0 unspecified atom stereocenters. The molecule has 0 radical (unpaired) electrons. The Bertz CT molecular complexity index is 566. The fraction of sp³-hybridized carbons (Fsp3) is 0.632. The number of benzene rings is 1. The van der Waals surface area contributed by atoms with Crippen LogP contribution in [0.15, 0.2) is 24.3 Å². The Morgan fingerprint density at radius 2 is 1.74 bits per heavy atom. The van der Waals surface area contributed by atoms with Crippen LogP contribution in [0.2, 0.25) is 0 Å². The van der Waals surface area contributed by atoms with Crippen LogP contribution >= 0.6 is 0 Å². The molecule has 0 aromatic heterocycles. The van der Waals surface area contributed by atoms with Crippen molar-refractivity contribution in [3.05, 3.63) is 30.1 Å². The number of carbonyl (C=O) groups is 1. The molecule has 124 valence electrons. The Kier molecular flexibility index (Phi) is 3.78. The molecular weight excluding hydrogens is 293 g/mol. The zero-order valence-corrected chi connectivity index (χ0v) is 13.4. The minimum atomic E-state index is -0.361. The lowest BCUT2D eigenvalue weighted by atomic mass is 9.49. The molecule has 1 aromatic carbocycles. The van der Waals surface area contributed by atoms with Gasteiger partial charge in [0.1, 0.15) is 6.61 Å². The topological polar surface area (TPSA) is 38.3 Å². The van der Waals surface area contributed by atoms with E-state index in [1.54, 1.807) is 18.2 Å². The summed E-state index contributed by atoms with van der Waals surface area (Å²) < 4.78 is 18.9. The van der Waals surface area contributed by atoms with Crippen LogP contribution in [0, 0.1) is 29.0 Å². The smallest absolute Gasteiger partial charge is 0.226 e. The first kappa shape index (κ1) is 15.0. The Morgan fingerprint density at radius 3 is 2.35 bits per heavy atom. The minimum absolute atomic E-state index is 0.118. The third-order valence-corrected chi connectivity index (χ3v) is 6.00. The summed E-state index contributed by atoms with van der Waals surface area (Å²) in [5, 5.41) is 3.04. The van der Waals surface area contributed by atoms with E-state index in [0.717, 1.165) is 37.0 Å². The van der Waals surface area contributed by atoms with Crippen molar-refractivity contribution in [3.63, 3.8) is 0 Å². The second-order valence-corrected chi connectivity index (χ2v) is 7.73. The first-order chi connectivity index (χ1) is 11.1. The summed E-state index contributed by atoms with van der Waals surface area (Å²) in [5.41, 5.74) is -0.118. The van der Waals surface area contributed by atoms with Gasteiger partial charge in [-0.05, 0) is 68.4 Å². The number of hydrogen-bond acceptors (Lipinski definition) is 2. The molecular formula is C19H24FNO2. The lowest BCUT2D eigenvalue weighted by Gasteiger charge is -2.55. The summed E-state index contributed by atoms with van der Waals surface area (Å²) in [7, 11) is 0. The van der Waals surface area contributed by atoms with Crippen LogP contribution < -0.4 is 10.1 Å². The highest BCUT2D eigenvalue weighted by Crippen LogP contribution is 2.60. The van der Waals surface area contributed by atoms with Gasteiger partial charge in [-0.3, -0.25) is 4.79 Å². The molecule has 0 spiro atoms. The number of nitrogens with one attached hydrogen (secondary N) is 1. The second-order valence-electron chi connectivity index (χ2n) is 7.73. The van der Waals surface area contributed by atoms with Crippen LogP contribution in [0.1, 0.15) is 38.5 Å². The Balaban J connectivity index is 1.30. The quantitative estimate of drug-likeness (QED) is 0.844. The highest BCUT2D eigenvalue weighted by Gasteiger charge is 2.54. The molecule has 4 bridgehead atoms. The summed E-state index contributed by atoms with van der Waals surface area (Å²) in [6, 6.07) is 6.36. The number of ether oxygens (including phenoxy) is 1. The lowest BCUT2D eigenvalue weighted by molar-refractivity contribution is -0.146. The molecule has 4 aliphatic carbocycles. The molecule has 4 fully saturated rings. The van der Waals surface area contributed by atoms with Crippen molar-refractivity contribution in [1.82, 2.24) is 5.32 Å². The fourth-order valence-electron chi connectivity index (χ4n) is 5.46. The van der Waals surface area contributed by atoms with Gasteiger partial charge in [0, 0.05) is 5.41 Å². The van der Waals surface area contributed by atoms with Crippen LogP contribution in [0.4, 0.5) is 4.39 Å². The van der Waals surface area contributed by atoms with E-state index < -0.39 is 0 Å². The average Bonchev–Trinajstić information content (AvgIpc) is 2.51. The van der Waals surface area contributed by atoms with E-state index >= 15 is 0 Å². The van der Waals surface area contributed by atoms with E-state index in [4.69, 9.17) is 4.74 Å². The maximum Gasteiger partial charge on any atom is 0.226 e. The number of halogens is 1. The van der Waals surface area contributed by atoms with Gasteiger partial charge in [0.2, 0.25) is 5.91 Å². The van der Waals surface area contributed by atoms with Gasteiger partial charge >= 0.3 is 0 Å². The highest BCUT2D eigenvalue weighted by molar-refractivity contribution is 5.83. The standard InChI is InChI=1S/C19H24FNO2/c20-16-3-1-2-4-17(16)23-6-5-21-18(22)19-10-13-7-14(11-19)9-15(8-13)12-19/h1-4,13-15H,5-12H2,(H,21,22). The third-order valence-electron chi connectivity index (χ3n) is 6.00. The van der Waals surface area contributed by atoms with Crippen LogP contribution in [0.25, 0.3) is 0 Å². The fourth-order valence-corrected chi connectivity index (χ4v) is 5.46. The summed E-state index contributed by atoms with van der Waals surface area (Å²) in [6.45, 7) is 0.744. The van der Waals surface area contributed by atoms with Gasteiger partial charge in [-0.1, -0.05) is 12.1 Å². The van der Waals surface area contributed by atoms with Crippen LogP contribution in [0.3, 0.4) is 0 Å². The van der Waals surface area contributed by atoms with E-state index in [9.17, 15) is 9.18 Å². The molecule has 1 amide bonds. The van der Waals surface area contributed by atoms with Gasteiger partial charge in [-0.25, -0.2) is 4.39 Å². The highest BCUT2D eigenvalue weighted by atomic mass is 19.1. The van der Waals surface area contributed by atoms with Crippen LogP contribution in [-0.2, 0) is 4.79 Å². The molecule has 4 aliphatic rings. The zero-order valence-electron chi connectivity index (χ0n) is 13.4. The Hall–Kier alpha value is -1.58. The average molecular weight is 317 g/mol. The molecule has 4 saturated carbocycles. The van der Waals surface area contributed by atoms with Gasteiger partial charge in [0.25, 0.3) is 0 Å². The number of amides is 1. The first-order valence-corrected chi connectivity index (χ1v) is 8.80. The van der Waals surface area contributed by atoms with Crippen molar-refractivity contribution < 1.29 is 13.9 Å². The number of carbonyl (C=O) groups excluding carboxylic acids is 1. The minimum Gasteiger partial charge on any atom is -0.489 e. The van der Waals surface area contributed by atoms with Gasteiger partial charge in [0.05, 0.1) is 6.54 Å². The van der Waals surface area contributed by atoms with E-state index in [1.165, 1.54) is 25.3 Å². The van der Waals surface area contributed by atoms with E-state index in [1.807, 2.05) is 0 Å². The third kappa shape index (κ3) is 2.84. The molecule has 3 nitrogen and oxygen atoms in total. The van der Waals surface area contributed by atoms with Crippen molar-refractivity contribution in [1.29, 1.82) is 0 Å². The maximum absolute atomic E-state index is 13.5. The summed E-state index contributed by atoms with van der Waals surface area (Å²) in [5.74, 6) is 2.38. The normalized spacial score (nSPS) is 34.4. The van der Waals surface area contributed by atoms with Crippen LogP contribution in [-0.4, -0.2) is 19.1 Å².